The molecule has 0 aliphatic rings. The number of hydrogen-bond acceptors (Lipinski definition) is 5. The van der Waals surface area contributed by atoms with Crippen LogP contribution in [0.2, 0.25) is 0 Å². The first-order chi connectivity index (χ1) is 15.4. The fraction of sp³-hybridized carbons (Fsp3) is 0.227. The number of ether oxygens (including phenoxy) is 2. The summed E-state index contributed by atoms with van der Waals surface area (Å²) < 4.78 is 39.6. The summed E-state index contributed by atoms with van der Waals surface area (Å²) in [5.74, 6) is -0.741. The number of aromatic nitrogens is 4. The summed E-state index contributed by atoms with van der Waals surface area (Å²) in [6.07, 6.45) is 5.23. The second-order valence-electron chi connectivity index (χ2n) is 6.98. The number of fused-ring (bicyclic) bond motifs is 1. The first-order valence-electron chi connectivity index (χ1n) is 9.82. The second-order valence-corrected chi connectivity index (χ2v) is 6.98. The normalized spacial score (nSPS) is 11.2. The number of aryl methyl sites for hydroxylation is 1. The van der Waals surface area contributed by atoms with Crippen molar-refractivity contribution >= 4 is 16.9 Å². The van der Waals surface area contributed by atoms with Crippen molar-refractivity contribution in [1.82, 2.24) is 24.6 Å². The van der Waals surface area contributed by atoms with Gasteiger partial charge in [-0.05, 0) is 24.6 Å². The van der Waals surface area contributed by atoms with Gasteiger partial charge in [-0.3, -0.25) is 14.0 Å². The number of carbonyl (C=O) groups is 1. The first-order valence-corrected chi connectivity index (χ1v) is 9.82. The summed E-state index contributed by atoms with van der Waals surface area (Å²) >= 11 is 0. The highest BCUT2D eigenvalue weighted by Gasteiger charge is 2.23. The summed E-state index contributed by atoms with van der Waals surface area (Å²) in [6, 6.07) is 8.67. The summed E-state index contributed by atoms with van der Waals surface area (Å²) in [4.78, 5) is 16.9. The molecule has 166 valence electrons. The molecule has 2 aromatic carbocycles. The molecule has 4 aromatic rings. The van der Waals surface area contributed by atoms with Crippen molar-refractivity contribution < 1.29 is 23.0 Å². The van der Waals surface area contributed by atoms with E-state index in [9.17, 15) is 13.6 Å². The molecule has 10 heteroatoms. The molecule has 0 bridgehead atoms. The molecular formula is C22H21F2N5O3. The van der Waals surface area contributed by atoms with Gasteiger partial charge in [0.25, 0.3) is 5.91 Å². The smallest absolute Gasteiger partial charge is 0.387 e. The van der Waals surface area contributed by atoms with Gasteiger partial charge in [-0.1, -0.05) is 6.07 Å². The van der Waals surface area contributed by atoms with Crippen molar-refractivity contribution in [1.29, 1.82) is 0 Å². The molecule has 0 aliphatic heterocycles. The van der Waals surface area contributed by atoms with E-state index < -0.39 is 12.5 Å². The van der Waals surface area contributed by atoms with E-state index in [1.807, 2.05) is 31.4 Å². The largest absolute Gasteiger partial charge is 0.496 e. The van der Waals surface area contributed by atoms with Gasteiger partial charge in [-0.2, -0.15) is 13.9 Å². The Morgan fingerprint density at radius 3 is 2.62 bits per heavy atom. The zero-order chi connectivity index (χ0) is 22.8. The Balaban J connectivity index is 1.82. The third-order valence-electron chi connectivity index (χ3n) is 4.91. The molecule has 1 N–H and O–H groups in total. The number of amides is 1. The van der Waals surface area contributed by atoms with Gasteiger partial charge in [0.15, 0.2) is 0 Å². The van der Waals surface area contributed by atoms with E-state index in [1.165, 1.54) is 13.2 Å². The quantitative estimate of drug-likeness (QED) is 0.472. The minimum atomic E-state index is -3.11. The molecule has 0 atom stereocenters. The van der Waals surface area contributed by atoms with Crippen LogP contribution in [-0.4, -0.2) is 45.5 Å². The van der Waals surface area contributed by atoms with Gasteiger partial charge in [0.1, 0.15) is 23.4 Å². The Kier molecular flexibility index (Phi) is 5.76. The molecule has 8 nitrogen and oxygen atoms in total. The zero-order valence-electron chi connectivity index (χ0n) is 17.7. The number of hydrogen-bond donors (Lipinski definition) is 1. The Hall–Kier alpha value is -3.95. The Bertz CT molecular complexity index is 1280. The van der Waals surface area contributed by atoms with Crippen molar-refractivity contribution in [3.8, 4) is 28.3 Å². The van der Waals surface area contributed by atoms with Crippen LogP contribution in [0, 0.1) is 0 Å². The maximum atomic E-state index is 13.1. The third-order valence-corrected chi connectivity index (χ3v) is 4.91. The fourth-order valence-electron chi connectivity index (χ4n) is 3.51. The van der Waals surface area contributed by atoms with Gasteiger partial charge in [-0.15, -0.1) is 0 Å². The number of alkyl halides is 2. The Morgan fingerprint density at radius 1 is 1.19 bits per heavy atom. The van der Waals surface area contributed by atoms with Gasteiger partial charge < -0.3 is 14.8 Å². The number of rotatable bonds is 7. The van der Waals surface area contributed by atoms with Crippen molar-refractivity contribution in [2.75, 3.05) is 13.7 Å². The molecule has 0 saturated heterocycles. The van der Waals surface area contributed by atoms with Gasteiger partial charge in [0.2, 0.25) is 0 Å². The van der Waals surface area contributed by atoms with Crippen LogP contribution in [0.15, 0.2) is 49.1 Å². The van der Waals surface area contributed by atoms with Crippen LogP contribution in [0.5, 0.6) is 11.5 Å². The molecule has 2 heterocycles. The number of carbonyl (C=O) groups excluding carboxylic acids is 1. The molecule has 0 saturated carbocycles. The van der Waals surface area contributed by atoms with E-state index in [-0.39, 0.29) is 17.1 Å². The van der Waals surface area contributed by atoms with E-state index in [4.69, 9.17) is 4.74 Å². The molecular weight excluding hydrogens is 420 g/mol. The molecule has 2 aromatic heterocycles. The topological polar surface area (TPSA) is 83.2 Å². The Labute approximate surface area is 182 Å². The lowest BCUT2D eigenvalue weighted by Gasteiger charge is -2.16. The van der Waals surface area contributed by atoms with E-state index in [1.54, 1.807) is 34.8 Å². The maximum absolute atomic E-state index is 13.1. The van der Waals surface area contributed by atoms with Crippen LogP contribution >= 0.6 is 0 Å². The number of methoxy groups -OCH3 is 1. The standard InChI is InChI=1S/C22H21F2N5O3/c1-4-25-21(30)20-18(31-3)8-15(9-19(20)32-22(23)24)29-12-26-16-7-13(5-6-17(16)29)14-10-27-28(2)11-14/h5-12,22H,4H2,1-3H3,(H,25,30). The van der Waals surface area contributed by atoms with Crippen LogP contribution in [-0.2, 0) is 7.05 Å². The number of halogens is 2. The monoisotopic (exact) mass is 441 g/mol. The maximum Gasteiger partial charge on any atom is 0.387 e. The third kappa shape index (κ3) is 3.98. The minimum Gasteiger partial charge on any atom is -0.496 e. The molecule has 0 radical (unpaired) electrons. The van der Waals surface area contributed by atoms with E-state index >= 15 is 0 Å². The number of nitrogens with zero attached hydrogens (tertiary/aromatic N) is 4. The molecule has 1 amide bonds. The van der Waals surface area contributed by atoms with E-state index in [2.05, 4.69) is 20.1 Å². The Morgan fingerprint density at radius 2 is 1.97 bits per heavy atom. The van der Waals surface area contributed by atoms with Crippen LogP contribution in [0.1, 0.15) is 17.3 Å². The summed E-state index contributed by atoms with van der Waals surface area (Å²) in [5, 5.41) is 6.77. The lowest BCUT2D eigenvalue weighted by Crippen LogP contribution is -2.24. The van der Waals surface area contributed by atoms with Crippen molar-refractivity contribution in [3.05, 3.63) is 54.6 Å². The van der Waals surface area contributed by atoms with Crippen molar-refractivity contribution in [2.24, 2.45) is 7.05 Å². The summed E-state index contributed by atoms with van der Waals surface area (Å²) in [5.41, 5.74) is 3.71. The predicted octanol–water partition coefficient (Wildman–Crippen LogP) is 3.79. The van der Waals surface area contributed by atoms with E-state index in [0.717, 1.165) is 16.6 Å². The van der Waals surface area contributed by atoms with Gasteiger partial charge in [0.05, 0.1) is 30.0 Å². The number of nitrogens with one attached hydrogen (secondary N) is 1. The molecule has 0 fully saturated rings. The van der Waals surface area contributed by atoms with Crippen molar-refractivity contribution in [3.63, 3.8) is 0 Å². The minimum absolute atomic E-state index is 0.0957. The molecule has 4 rings (SSSR count). The van der Waals surface area contributed by atoms with Gasteiger partial charge in [0, 0.05) is 37.5 Å². The first kappa shape index (κ1) is 21.3. The summed E-state index contributed by atoms with van der Waals surface area (Å²) in [6.45, 7) is -1.06. The SMILES string of the molecule is CCNC(=O)c1c(OC)cc(-n2cnc3cc(-c4cnn(C)c4)ccc32)cc1OC(F)F. The van der Waals surface area contributed by atoms with E-state index in [0.29, 0.717) is 17.7 Å². The highest BCUT2D eigenvalue weighted by atomic mass is 19.3. The molecule has 32 heavy (non-hydrogen) atoms. The molecule has 0 spiro atoms. The average molecular weight is 441 g/mol. The highest BCUT2D eigenvalue weighted by Crippen LogP contribution is 2.35. The van der Waals surface area contributed by atoms with Crippen LogP contribution < -0.4 is 14.8 Å². The number of imidazole rings is 1. The van der Waals surface area contributed by atoms with Crippen LogP contribution in [0.4, 0.5) is 8.78 Å². The van der Waals surface area contributed by atoms with Crippen LogP contribution in [0.3, 0.4) is 0 Å². The molecule has 0 unspecified atom stereocenters. The second kappa shape index (κ2) is 8.66. The average Bonchev–Trinajstić information content (AvgIpc) is 3.38. The highest BCUT2D eigenvalue weighted by molar-refractivity contribution is 6.00. The lowest BCUT2D eigenvalue weighted by molar-refractivity contribution is -0.0502. The predicted molar refractivity (Wildman–Crippen MR) is 114 cm³/mol. The lowest BCUT2D eigenvalue weighted by atomic mass is 10.1. The fourth-order valence-corrected chi connectivity index (χ4v) is 3.51. The summed E-state index contributed by atoms with van der Waals surface area (Å²) in [7, 11) is 3.20. The van der Waals surface area contributed by atoms with Crippen molar-refractivity contribution in [2.45, 2.75) is 13.5 Å². The van der Waals surface area contributed by atoms with Crippen LogP contribution in [0.25, 0.3) is 27.8 Å². The molecule has 0 aliphatic carbocycles. The van der Waals surface area contributed by atoms with Gasteiger partial charge in [-0.25, -0.2) is 4.98 Å². The number of benzene rings is 2. The zero-order valence-corrected chi connectivity index (χ0v) is 17.7. The van der Waals surface area contributed by atoms with Gasteiger partial charge >= 0.3 is 6.61 Å².